The van der Waals surface area contributed by atoms with E-state index in [0.29, 0.717) is 16.3 Å². The molecule has 1 aliphatic carbocycles. The number of thiol groups is 1. The Morgan fingerprint density at radius 2 is 2.00 bits per heavy atom. The number of hydrogen-bond donors (Lipinski definition) is 0. The standard InChI is InChI=1S/C8H13BrO4PS2/c9-3-7(1-2-7)16(10,11)8(4-12-5-8)6-13-15-14/h15H,1-6H2/q-1. The fourth-order valence-electron chi connectivity index (χ4n) is 1.87. The number of hydrogen-bond acceptors (Lipinski definition) is 5. The van der Waals surface area contributed by atoms with Gasteiger partial charge >= 0.3 is 109 Å². The normalized spacial score (nSPS) is 26.0. The zero-order chi connectivity index (χ0) is 11.9. The molecule has 0 aromatic carbocycles. The van der Waals surface area contributed by atoms with Gasteiger partial charge in [-0.2, -0.15) is 0 Å². The Morgan fingerprint density at radius 3 is 2.31 bits per heavy atom. The number of ether oxygens (including phenoxy) is 1. The van der Waals surface area contributed by atoms with E-state index in [9.17, 15) is 8.42 Å². The first-order chi connectivity index (χ1) is 7.54. The molecule has 2 rings (SSSR count). The van der Waals surface area contributed by atoms with Gasteiger partial charge < -0.3 is 0 Å². The van der Waals surface area contributed by atoms with Crippen LogP contribution in [0.5, 0.6) is 0 Å². The van der Waals surface area contributed by atoms with E-state index in [1.165, 1.54) is 0 Å². The molecule has 1 aliphatic heterocycles. The van der Waals surface area contributed by atoms with Crippen molar-refractivity contribution in [1.29, 1.82) is 0 Å². The van der Waals surface area contributed by atoms with Gasteiger partial charge in [0.1, 0.15) is 0 Å². The third-order valence-electron chi connectivity index (χ3n) is 3.31. The quantitative estimate of drug-likeness (QED) is 0.324. The van der Waals surface area contributed by atoms with Crippen molar-refractivity contribution in [1.82, 2.24) is 0 Å². The second-order valence-corrected chi connectivity index (χ2v) is 8.56. The molecule has 2 fully saturated rings. The summed E-state index contributed by atoms with van der Waals surface area (Å²) in [6.45, 7) is 0.663. The van der Waals surface area contributed by atoms with Crippen molar-refractivity contribution in [2.45, 2.75) is 22.3 Å². The van der Waals surface area contributed by atoms with Crippen LogP contribution in [0, 0.1) is 0 Å². The molecule has 0 unspecified atom stereocenters. The van der Waals surface area contributed by atoms with E-state index in [4.69, 9.17) is 8.92 Å². The topological polar surface area (TPSA) is 52.6 Å². The summed E-state index contributed by atoms with van der Waals surface area (Å²) in [4.78, 5) is 0. The molecule has 0 amide bonds. The zero-order valence-electron chi connectivity index (χ0n) is 8.56. The first kappa shape index (κ1) is 13.6. The van der Waals surface area contributed by atoms with Crippen LogP contribution in [-0.2, 0) is 29.8 Å². The van der Waals surface area contributed by atoms with Crippen LogP contribution in [0.25, 0.3) is 0 Å². The van der Waals surface area contributed by atoms with Crippen molar-refractivity contribution >= 4 is 44.6 Å². The monoisotopic (exact) mass is 347 g/mol. The predicted octanol–water partition coefficient (Wildman–Crippen LogP) is 1.17. The van der Waals surface area contributed by atoms with E-state index >= 15 is 0 Å². The van der Waals surface area contributed by atoms with Gasteiger partial charge in [-0.1, -0.05) is 0 Å². The van der Waals surface area contributed by atoms with Crippen molar-refractivity contribution in [3.05, 3.63) is 0 Å². The summed E-state index contributed by atoms with van der Waals surface area (Å²) >= 11 is 3.76. The van der Waals surface area contributed by atoms with E-state index in [-0.39, 0.29) is 19.8 Å². The van der Waals surface area contributed by atoms with Gasteiger partial charge in [0.2, 0.25) is 0 Å². The summed E-state index contributed by atoms with van der Waals surface area (Å²) < 4.78 is 33.9. The minimum atomic E-state index is -3.21. The Hall–Kier alpha value is 1.13. The molecule has 0 atom stereocenters. The number of sulfone groups is 1. The van der Waals surface area contributed by atoms with E-state index < -0.39 is 19.3 Å². The van der Waals surface area contributed by atoms with Gasteiger partial charge in [0.05, 0.1) is 0 Å². The van der Waals surface area contributed by atoms with E-state index in [0.717, 1.165) is 12.8 Å². The molecule has 2 aliphatic rings. The van der Waals surface area contributed by atoms with Gasteiger partial charge in [-0.25, -0.2) is 0 Å². The SMILES string of the molecule is O=S(=O)(C1(CBr)CC1)C1(CO[SH-]#P)COC1. The fraction of sp³-hybridized carbons (Fsp3) is 1.00. The van der Waals surface area contributed by atoms with Crippen molar-refractivity contribution in [3.8, 4) is 0 Å². The molecule has 1 heterocycles. The van der Waals surface area contributed by atoms with Crippen LogP contribution in [0.2, 0.25) is 0 Å². The van der Waals surface area contributed by atoms with Crippen LogP contribution in [0.3, 0.4) is 0 Å². The van der Waals surface area contributed by atoms with E-state index in [1.807, 2.05) is 0 Å². The number of halogens is 1. The molecule has 0 bridgehead atoms. The Kier molecular flexibility index (Phi) is 3.95. The molecule has 1 saturated heterocycles. The maximum atomic E-state index is 12.5. The molecule has 0 N–H and O–H groups in total. The summed E-state index contributed by atoms with van der Waals surface area (Å²) in [5.74, 6) is 0. The van der Waals surface area contributed by atoms with Gasteiger partial charge in [-0.05, 0) is 0 Å². The van der Waals surface area contributed by atoms with Crippen LogP contribution >= 0.6 is 23.7 Å². The molecule has 4 nitrogen and oxygen atoms in total. The summed E-state index contributed by atoms with van der Waals surface area (Å²) in [6, 6.07) is 0. The van der Waals surface area contributed by atoms with Gasteiger partial charge in [-0.15, -0.1) is 0 Å². The number of rotatable bonds is 5. The van der Waals surface area contributed by atoms with Crippen LogP contribution < -0.4 is 0 Å². The summed E-state index contributed by atoms with van der Waals surface area (Å²) in [5, 5.41) is 0.503. The van der Waals surface area contributed by atoms with Crippen molar-refractivity contribution in [2.75, 3.05) is 25.2 Å². The molecule has 0 aromatic rings. The number of alkyl halides is 1. The molecule has 0 aromatic heterocycles. The molecular weight excluding hydrogens is 335 g/mol. The average Bonchev–Trinajstić information content (AvgIpc) is 2.96. The molecule has 8 heteroatoms. The third kappa shape index (κ3) is 1.88. The summed E-state index contributed by atoms with van der Waals surface area (Å²) in [5.41, 5.74) is 0. The van der Waals surface area contributed by atoms with Gasteiger partial charge in [0, 0.05) is 0 Å². The molecule has 16 heavy (non-hydrogen) atoms. The maximum absolute atomic E-state index is 12.5. The van der Waals surface area contributed by atoms with E-state index in [2.05, 4.69) is 23.7 Å². The Bertz CT molecular complexity index is 422. The second kappa shape index (κ2) is 4.67. The predicted molar refractivity (Wildman–Crippen MR) is 69.9 cm³/mol. The van der Waals surface area contributed by atoms with Crippen molar-refractivity contribution in [2.24, 2.45) is 0 Å². The van der Waals surface area contributed by atoms with Crippen LogP contribution in [0.4, 0.5) is 0 Å². The van der Waals surface area contributed by atoms with Gasteiger partial charge in [-0.3, -0.25) is 0 Å². The van der Waals surface area contributed by atoms with Crippen LogP contribution in [0.15, 0.2) is 0 Å². The molecule has 94 valence electrons. The minimum absolute atomic E-state index is 0.176. The Labute approximate surface area is 109 Å². The third-order valence-corrected chi connectivity index (χ3v) is 8.53. The van der Waals surface area contributed by atoms with Crippen LogP contribution in [-0.4, -0.2) is 43.1 Å². The molecule has 0 spiro atoms. The first-order valence-electron chi connectivity index (χ1n) is 4.88. The van der Waals surface area contributed by atoms with Crippen molar-refractivity contribution < 1.29 is 17.3 Å². The summed E-state index contributed by atoms with van der Waals surface area (Å²) in [7, 11) is 0.697. The summed E-state index contributed by atoms with van der Waals surface area (Å²) in [6.07, 6.45) is 1.47. The average molecular weight is 348 g/mol. The zero-order valence-corrected chi connectivity index (χ0v) is 12.7. The van der Waals surface area contributed by atoms with Crippen molar-refractivity contribution in [3.63, 3.8) is 0 Å². The Morgan fingerprint density at radius 1 is 1.38 bits per heavy atom. The molecular formula is C8H13BrO4PS2-. The van der Waals surface area contributed by atoms with Crippen LogP contribution in [0.1, 0.15) is 12.8 Å². The Balaban J connectivity index is 2.25. The first-order valence-corrected chi connectivity index (χ1v) is 9.45. The fourth-order valence-corrected chi connectivity index (χ4v) is 6.29. The second-order valence-electron chi connectivity index (χ2n) is 4.35. The molecule has 1 saturated carbocycles. The molecule has 0 radical (unpaired) electrons. The van der Waals surface area contributed by atoms with Gasteiger partial charge in [0.25, 0.3) is 0 Å². The van der Waals surface area contributed by atoms with Gasteiger partial charge in [0.15, 0.2) is 0 Å². The van der Waals surface area contributed by atoms with E-state index in [1.54, 1.807) is 0 Å².